The quantitative estimate of drug-likeness (QED) is 0.509. The second-order valence-corrected chi connectivity index (χ2v) is 13.0. The smallest absolute Gasteiger partial charge is 0.129 e. The number of pyridine rings is 1. The lowest BCUT2D eigenvalue weighted by Gasteiger charge is -2.61. The van der Waals surface area contributed by atoms with E-state index < -0.39 is 5.60 Å². The van der Waals surface area contributed by atoms with Crippen molar-refractivity contribution >= 4 is 11.6 Å². The first-order valence-electron chi connectivity index (χ1n) is 13.2. The van der Waals surface area contributed by atoms with Crippen LogP contribution in [-0.4, -0.2) is 26.9 Å². The molecule has 178 valence electrons. The summed E-state index contributed by atoms with van der Waals surface area (Å²) in [6.07, 6.45) is 12.3. The minimum Gasteiger partial charge on any atom is -0.393 e. The summed E-state index contributed by atoms with van der Waals surface area (Å²) in [4.78, 5) is 4.44. The van der Waals surface area contributed by atoms with Crippen LogP contribution in [0, 0.1) is 40.4 Å². The van der Waals surface area contributed by atoms with Gasteiger partial charge in [0.2, 0.25) is 0 Å². The molecule has 4 aliphatic rings. The van der Waals surface area contributed by atoms with Crippen molar-refractivity contribution in [2.45, 2.75) is 103 Å². The third-order valence-electron chi connectivity index (χ3n) is 11.0. The van der Waals surface area contributed by atoms with Gasteiger partial charge in [-0.3, -0.25) is 0 Å². The fraction of sp³-hybridized carbons (Fsp3) is 0.821. The minimum atomic E-state index is -0.670. The Bertz CT molecular complexity index is 842. The molecule has 4 fully saturated rings. The normalized spacial score (nSPS) is 45.4. The van der Waals surface area contributed by atoms with Crippen molar-refractivity contribution in [1.29, 1.82) is 0 Å². The molecule has 4 saturated carbocycles. The van der Waals surface area contributed by atoms with Gasteiger partial charge in [-0.15, -0.1) is 0 Å². The number of aryl methyl sites for hydroxylation is 1. The maximum absolute atomic E-state index is 11.7. The number of rotatable bonds is 4. The van der Waals surface area contributed by atoms with Crippen LogP contribution in [0.1, 0.15) is 90.7 Å². The van der Waals surface area contributed by atoms with E-state index in [9.17, 15) is 10.2 Å². The van der Waals surface area contributed by atoms with Crippen molar-refractivity contribution < 1.29 is 10.2 Å². The van der Waals surface area contributed by atoms with E-state index in [0.717, 1.165) is 55.6 Å². The molecule has 0 aromatic carbocycles. The van der Waals surface area contributed by atoms with Gasteiger partial charge < -0.3 is 10.2 Å². The molecule has 3 nitrogen and oxygen atoms in total. The summed E-state index contributed by atoms with van der Waals surface area (Å²) < 4.78 is 0. The van der Waals surface area contributed by atoms with Crippen molar-refractivity contribution in [3.05, 3.63) is 29.0 Å². The number of aliphatic hydroxyl groups excluding tert-OH is 1. The third kappa shape index (κ3) is 3.75. The Morgan fingerprint density at radius 1 is 1.03 bits per heavy atom. The van der Waals surface area contributed by atoms with E-state index in [2.05, 4.69) is 25.8 Å². The Balaban J connectivity index is 1.32. The molecular weight excluding hydrogens is 418 g/mol. The third-order valence-corrected chi connectivity index (χ3v) is 11.3. The number of aliphatic hydroxyl groups is 2. The summed E-state index contributed by atoms with van der Waals surface area (Å²) in [5, 5.41) is 22.5. The zero-order chi connectivity index (χ0) is 22.7. The van der Waals surface area contributed by atoms with Crippen LogP contribution < -0.4 is 0 Å². The lowest BCUT2D eigenvalue weighted by atomic mass is 9.44. The Morgan fingerprint density at radius 2 is 1.78 bits per heavy atom. The molecule has 0 bridgehead atoms. The maximum atomic E-state index is 11.7. The van der Waals surface area contributed by atoms with E-state index in [0.29, 0.717) is 22.4 Å². The van der Waals surface area contributed by atoms with E-state index in [1.165, 1.54) is 38.5 Å². The number of halogens is 1. The van der Waals surface area contributed by atoms with Crippen molar-refractivity contribution in [3.8, 4) is 0 Å². The summed E-state index contributed by atoms with van der Waals surface area (Å²) in [5.74, 6) is 3.43. The molecule has 1 aromatic rings. The highest BCUT2D eigenvalue weighted by atomic mass is 35.5. The van der Waals surface area contributed by atoms with Crippen molar-refractivity contribution in [2.75, 3.05) is 0 Å². The zero-order valence-corrected chi connectivity index (χ0v) is 20.9. The van der Waals surface area contributed by atoms with Gasteiger partial charge in [0.05, 0.1) is 11.7 Å². The Morgan fingerprint density at radius 3 is 2.56 bits per heavy atom. The molecule has 0 spiro atoms. The van der Waals surface area contributed by atoms with Crippen LogP contribution in [-0.2, 0) is 6.42 Å². The van der Waals surface area contributed by atoms with E-state index in [4.69, 9.17) is 11.6 Å². The van der Waals surface area contributed by atoms with Gasteiger partial charge in [-0.05, 0) is 130 Å². The zero-order valence-electron chi connectivity index (χ0n) is 20.2. The maximum Gasteiger partial charge on any atom is 0.129 e. The van der Waals surface area contributed by atoms with Crippen LogP contribution in [0.2, 0.25) is 5.15 Å². The first kappa shape index (κ1) is 23.1. The van der Waals surface area contributed by atoms with Crippen molar-refractivity contribution in [1.82, 2.24) is 4.98 Å². The Labute approximate surface area is 199 Å². The second-order valence-electron chi connectivity index (χ2n) is 12.6. The average Bonchev–Trinajstić information content (AvgIpc) is 3.11. The van der Waals surface area contributed by atoms with Gasteiger partial charge >= 0.3 is 0 Å². The van der Waals surface area contributed by atoms with E-state index in [1.807, 2.05) is 18.2 Å². The van der Waals surface area contributed by atoms with Gasteiger partial charge in [0.25, 0.3) is 0 Å². The Kier molecular flexibility index (Phi) is 5.95. The molecule has 2 N–H and O–H groups in total. The van der Waals surface area contributed by atoms with Gasteiger partial charge in [-0.1, -0.05) is 31.5 Å². The van der Waals surface area contributed by atoms with Gasteiger partial charge in [0.15, 0.2) is 0 Å². The van der Waals surface area contributed by atoms with Gasteiger partial charge in [0, 0.05) is 5.69 Å². The fourth-order valence-electron chi connectivity index (χ4n) is 9.40. The molecule has 1 unspecified atom stereocenters. The van der Waals surface area contributed by atoms with Crippen LogP contribution in [0.25, 0.3) is 0 Å². The summed E-state index contributed by atoms with van der Waals surface area (Å²) >= 11 is 6.08. The number of nitrogens with zero attached hydrogens (tertiary/aromatic N) is 1. The molecule has 0 saturated heterocycles. The molecule has 0 amide bonds. The highest BCUT2D eigenvalue weighted by Crippen LogP contribution is 2.68. The van der Waals surface area contributed by atoms with Crippen LogP contribution in [0.4, 0.5) is 0 Å². The van der Waals surface area contributed by atoms with E-state index in [-0.39, 0.29) is 11.5 Å². The number of fused-ring (bicyclic) bond motifs is 5. The molecule has 5 rings (SSSR count). The average molecular weight is 460 g/mol. The SMILES string of the molecule is C[C@]12CC[C@H]3[C@@H](CCC4C[C@@H](O)CC[C@@]43C)[C@@H]1CC[C@@H]2[C@](C)(O)CCc1cccc(Cl)n1. The van der Waals surface area contributed by atoms with Crippen LogP contribution in [0.15, 0.2) is 18.2 Å². The number of aromatic nitrogens is 1. The monoisotopic (exact) mass is 459 g/mol. The van der Waals surface area contributed by atoms with E-state index >= 15 is 0 Å². The van der Waals surface area contributed by atoms with Crippen molar-refractivity contribution in [3.63, 3.8) is 0 Å². The van der Waals surface area contributed by atoms with Gasteiger partial charge in [-0.2, -0.15) is 0 Å². The highest BCUT2D eigenvalue weighted by molar-refractivity contribution is 6.29. The summed E-state index contributed by atoms with van der Waals surface area (Å²) in [7, 11) is 0. The molecule has 4 heteroatoms. The summed E-state index contributed by atoms with van der Waals surface area (Å²) in [5.41, 5.74) is 0.967. The van der Waals surface area contributed by atoms with Gasteiger partial charge in [-0.25, -0.2) is 4.98 Å². The van der Waals surface area contributed by atoms with Crippen LogP contribution in [0.5, 0.6) is 0 Å². The topological polar surface area (TPSA) is 53.4 Å². The van der Waals surface area contributed by atoms with Crippen molar-refractivity contribution in [2.24, 2.45) is 40.4 Å². The van der Waals surface area contributed by atoms with Gasteiger partial charge in [0.1, 0.15) is 5.15 Å². The molecule has 9 atom stereocenters. The van der Waals surface area contributed by atoms with Crippen LogP contribution in [0.3, 0.4) is 0 Å². The first-order valence-corrected chi connectivity index (χ1v) is 13.5. The first-order chi connectivity index (χ1) is 15.1. The summed E-state index contributed by atoms with van der Waals surface area (Å²) in [6.45, 7) is 7.16. The molecule has 0 radical (unpaired) electrons. The lowest BCUT2D eigenvalue weighted by Crippen LogP contribution is -2.55. The molecule has 4 aliphatic carbocycles. The number of hydrogen-bond donors (Lipinski definition) is 2. The molecule has 32 heavy (non-hydrogen) atoms. The second kappa shape index (κ2) is 8.24. The van der Waals surface area contributed by atoms with E-state index in [1.54, 1.807) is 0 Å². The molecule has 1 aromatic heterocycles. The minimum absolute atomic E-state index is 0.0709. The fourth-order valence-corrected chi connectivity index (χ4v) is 9.58. The standard InChI is InChI=1S/C28H42ClNO2/c1-26-14-12-20(31)17-18(26)7-8-21-22-9-10-24(27(22,2)15-13-23(21)26)28(3,32)16-11-19-5-4-6-25(29)30-19/h4-6,18,20-24,31-32H,7-17H2,1-3H3/t18?,20-,21-,22-,23-,24-,26-,27-,28+/m0/s1. The molecule has 0 aliphatic heterocycles. The molecule has 1 heterocycles. The number of hydrogen-bond acceptors (Lipinski definition) is 3. The van der Waals surface area contributed by atoms with Crippen LogP contribution >= 0.6 is 11.6 Å². The summed E-state index contributed by atoms with van der Waals surface area (Å²) in [6, 6.07) is 5.79. The predicted octanol–water partition coefficient (Wildman–Crippen LogP) is 6.44. The molecular formula is C28H42ClNO2. The lowest BCUT2D eigenvalue weighted by molar-refractivity contribution is -0.144. The Hall–Kier alpha value is -0.640. The highest BCUT2D eigenvalue weighted by Gasteiger charge is 2.62. The predicted molar refractivity (Wildman–Crippen MR) is 129 cm³/mol. The largest absolute Gasteiger partial charge is 0.393 e.